The lowest BCUT2D eigenvalue weighted by atomic mass is 9.93. The molecule has 0 bridgehead atoms. The monoisotopic (exact) mass is 451 g/mol. The molecule has 0 atom stereocenters. The molecule has 174 valence electrons. The van der Waals surface area contributed by atoms with Crippen LogP contribution in [-0.4, -0.2) is 43.9 Å². The summed E-state index contributed by atoms with van der Waals surface area (Å²) in [5.41, 5.74) is 2.49. The van der Waals surface area contributed by atoms with Crippen molar-refractivity contribution in [2.75, 3.05) is 6.54 Å². The normalized spacial score (nSPS) is 18.8. The van der Waals surface area contributed by atoms with Crippen LogP contribution in [0.3, 0.4) is 0 Å². The smallest absolute Gasteiger partial charge is 0.266 e. The topological polar surface area (TPSA) is 112 Å². The van der Waals surface area contributed by atoms with Crippen molar-refractivity contribution in [2.45, 2.75) is 51.7 Å². The molecular weight excluding hydrogens is 422 g/mol. The van der Waals surface area contributed by atoms with E-state index in [0.717, 1.165) is 49.2 Å². The zero-order valence-corrected chi connectivity index (χ0v) is 19.2. The van der Waals surface area contributed by atoms with Crippen molar-refractivity contribution in [1.82, 2.24) is 29.9 Å². The minimum Gasteiger partial charge on any atom is -0.473 e. The molecule has 1 N–H and O–H groups in total. The van der Waals surface area contributed by atoms with Crippen LogP contribution in [0.5, 0.6) is 5.88 Å². The van der Waals surface area contributed by atoms with Gasteiger partial charge in [0.05, 0.1) is 17.9 Å². The van der Waals surface area contributed by atoms with Gasteiger partial charge in [-0.2, -0.15) is 5.10 Å². The van der Waals surface area contributed by atoms with Gasteiger partial charge in [-0.15, -0.1) is 5.10 Å². The molecule has 4 rings (SSSR count). The van der Waals surface area contributed by atoms with Crippen LogP contribution >= 0.6 is 0 Å². The van der Waals surface area contributed by atoms with E-state index < -0.39 is 0 Å². The fourth-order valence-electron chi connectivity index (χ4n) is 4.11. The van der Waals surface area contributed by atoms with E-state index >= 15 is 0 Å². The van der Waals surface area contributed by atoms with Gasteiger partial charge in [-0.25, -0.2) is 14.7 Å². The number of aliphatic imine (C=N–C) groups is 1. The molecule has 3 heterocycles. The molecule has 0 aromatic carbocycles. The molecule has 0 spiro atoms. The second-order valence-electron chi connectivity index (χ2n) is 8.04. The molecule has 1 fully saturated rings. The maximum Gasteiger partial charge on any atom is 0.266 e. The largest absolute Gasteiger partial charge is 0.473 e. The second-order valence-corrected chi connectivity index (χ2v) is 8.04. The third-order valence-corrected chi connectivity index (χ3v) is 5.84. The standard InChI is InChI=1S/C23H29N7O3/c1-5-25-19(24-3)14-18-15(2)22(23-26-12-13-32-23)28-30(18)16-6-8-17(9-7-16)33-20-10-11-21(31)29(4)27-20/h10-14,16-17,25H,3,5-9H2,1-2,4H3/b19-14+. The van der Waals surface area contributed by atoms with Crippen LogP contribution in [-0.2, 0) is 7.05 Å². The number of aryl methyl sites for hydroxylation is 1. The molecular formula is C23H29N7O3. The molecule has 0 unspecified atom stereocenters. The van der Waals surface area contributed by atoms with Crippen LogP contribution in [0, 0.1) is 6.92 Å². The predicted octanol–water partition coefficient (Wildman–Crippen LogP) is 3.11. The zero-order valence-electron chi connectivity index (χ0n) is 19.2. The molecule has 33 heavy (non-hydrogen) atoms. The fourth-order valence-corrected chi connectivity index (χ4v) is 4.11. The maximum absolute atomic E-state index is 11.6. The Labute approximate surface area is 192 Å². The molecule has 0 saturated heterocycles. The number of rotatable bonds is 8. The summed E-state index contributed by atoms with van der Waals surface area (Å²) < 4.78 is 14.9. The first-order valence-corrected chi connectivity index (χ1v) is 11.1. The van der Waals surface area contributed by atoms with Crippen molar-refractivity contribution < 1.29 is 9.15 Å². The van der Waals surface area contributed by atoms with Gasteiger partial charge in [-0.05, 0) is 46.2 Å². The third-order valence-electron chi connectivity index (χ3n) is 5.84. The van der Waals surface area contributed by atoms with Crippen molar-refractivity contribution in [3.05, 3.63) is 52.0 Å². The number of hydrogen-bond donors (Lipinski definition) is 1. The molecule has 0 amide bonds. The van der Waals surface area contributed by atoms with Gasteiger partial charge in [0.1, 0.15) is 18.2 Å². The lowest BCUT2D eigenvalue weighted by Crippen LogP contribution is -2.28. The summed E-state index contributed by atoms with van der Waals surface area (Å²) in [4.78, 5) is 20.0. The van der Waals surface area contributed by atoms with Crippen LogP contribution in [0.4, 0.5) is 0 Å². The number of ether oxygens (including phenoxy) is 1. The fraction of sp³-hybridized carbons (Fsp3) is 0.435. The Kier molecular flexibility index (Phi) is 6.71. The van der Waals surface area contributed by atoms with Crippen LogP contribution in [0.1, 0.15) is 49.9 Å². The Morgan fingerprint density at radius 2 is 2.12 bits per heavy atom. The van der Waals surface area contributed by atoms with Crippen LogP contribution in [0.25, 0.3) is 17.7 Å². The van der Waals surface area contributed by atoms with Crippen molar-refractivity contribution >= 4 is 12.8 Å². The van der Waals surface area contributed by atoms with Crippen molar-refractivity contribution in [3.8, 4) is 17.5 Å². The maximum atomic E-state index is 11.6. The quantitative estimate of drug-likeness (QED) is 0.524. The molecule has 1 saturated carbocycles. The Bertz CT molecular complexity index is 1190. The lowest BCUT2D eigenvalue weighted by Gasteiger charge is -2.29. The first kappa shape index (κ1) is 22.5. The summed E-state index contributed by atoms with van der Waals surface area (Å²) in [7, 11) is 1.62. The summed E-state index contributed by atoms with van der Waals surface area (Å²) in [5.74, 6) is 1.66. The van der Waals surface area contributed by atoms with E-state index in [2.05, 4.69) is 31.8 Å². The lowest BCUT2D eigenvalue weighted by molar-refractivity contribution is 0.122. The summed E-state index contributed by atoms with van der Waals surface area (Å²) >= 11 is 0. The second kappa shape index (κ2) is 9.85. The molecule has 1 aliphatic rings. The Hall–Kier alpha value is -3.69. The number of nitrogens with zero attached hydrogens (tertiary/aromatic N) is 6. The van der Waals surface area contributed by atoms with Crippen molar-refractivity contribution in [3.63, 3.8) is 0 Å². The summed E-state index contributed by atoms with van der Waals surface area (Å²) in [6.45, 7) is 8.45. The number of hydrogen-bond acceptors (Lipinski definition) is 8. The summed E-state index contributed by atoms with van der Waals surface area (Å²) in [6, 6.07) is 3.29. The average molecular weight is 452 g/mol. The van der Waals surface area contributed by atoms with E-state index in [9.17, 15) is 4.79 Å². The minimum absolute atomic E-state index is 0.0419. The predicted molar refractivity (Wildman–Crippen MR) is 125 cm³/mol. The molecule has 1 aliphatic carbocycles. The van der Waals surface area contributed by atoms with Gasteiger partial charge < -0.3 is 14.5 Å². The van der Waals surface area contributed by atoms with Gasteiger partial charge in [0, 0.05) is 37.4 Å². The van der Waals surface area contributed by atoms with Crippen molar-refractivity contribution in [1.29, 1.82) is 0 Å². The molecule has 10 nitrogen and oxygen atoms in total. The van der Waals surface area contributed by atoms with Gasteiger partial charge in [0.15, 0.2) is 5.69 Å². The van der Waals surface area contributed by atoms with E-state index in [1.165, 1.54) is 10.7 Å². The molecule has 3 aromatic heterocycles. The molecule has 0 aliphatic heterocycles. The average Bonchev–Trinajstić information content (AvgIpc) is 3.45. The van der Waals surface area contributed by atoms with Gasteiger partial charge in [-0.1, -0.05) is 0 Å². The Balaban J connectivity index is 1.56. The Morgan fingerprint density at radius 1 is 1.33 bits per heavy atom. The third kappa shape index (κ3) is 4.89. The first-order valence-electron chi connectivity index (χ1n) is 11.1. The van der Waals surface area contributed by atoms with E-state index in [0.29, 0.717) is 17.6 Å². The van der Waals surface area contributed by atoms with Crippen molar-refractivity contribution in [2.24, 2.45) is 12.0 Å². The Morgan fingerprint density at radius 3 is 2.76 bits per heavy atom. The number of nitrogens with one attached hydrogen (secondary N) is 1. The van der Waals surface area contributed by atoms with E-state index in [1.807, 2.05) is 19.9 Å². The molecule has 0 radical (unpaired) electrons. The SMILES string of the molecule is C=N/C(=C\c1c(C)c(-c2ncco2)nn1C1CCC(Oc2ccc(=O)n(C)n2)CC1)NCC. The first-order chi connectivity index (χ1) is 16.0. The van der Waals surface area contributed by atoms with Gasteiger partial charge >= 0.3 is 0 Å². The van der Waals surface area contributed by atoms with E-state index in [-0.39, 0.29) is 17.7 Å². The highest BCUT2D eigenvalue weighted by atomic mass is 16.5. The molecule has 3 aromatic rings. The molecule has 10 heteroatoms. The number of oxazole rings is 1. The van der Waals surface area contributed by atoms with Gasteiger partial charge in [-0.3, -0.25) is 9.48 Å². The summed E-state index contributed by atoms with van der Waals surface area (Å²) in [5, 5.41) is 12.3. The van der Waals surface area contributed by atoms with Gasteiger partial charge in [0.25, 0.3) is 5.56 Å². The minimum atomic E-state index is -0.159. The highest BCUT2D eigenvalue weighted by Gasteiger charge is 2.28. The van der Waals surface area contributed by atoms with Crippen LogP contribution in [0.15, 0.2) is 44.6 Å². The summed E-state index contributed by atoms with van der Waals surface area (Å²) in [6.07, 6.45) is 8.67. The van der Waals surface area contributed by atoms with Crippen LogP contribution in [0.2, 0.25) is 0 Å². The zero-order chi connectivity index (χ0) is 23.4. The highest BCUT2D eigenvalue weighted by molar-refractivity contribution is 5.63. The van der Waals surface area contributed by atoms with E-state index in [4.69, 9.17) is 14.3 Å². The van der Waals surface area contributed by atoms with E-state index in [1.54, 1.807) is 25.6 Å². The van der Waals surface area contributed by atoms with Gasteiger partial charge in [0.2, 0.25) is 11.8 Å². The van der Waals surface area contributed by atoms with Crippen LogP contribution < -0.4 is 15.6 Å². The number of aromatic nitrogens is 5. The highest BCUT2D eigenvalue weighted by Crippen LogP contribution is 2.35.